The van der Waals surface area contributed by atoms with Crippen LogP contribution in [-0.2, 0) is 12.6 Å². The molecule has 0 aliphatic heterocycles. The number of halogens is 3. The van der Waals surface area contributed by atoms with Crippen LogP contribution < -0.4 is 5.73 Å². The molecular formula is C10H10F3N. The third-order valence-electron chi connectivity index (χ3n) is 2.62. The third kappa shape index (κ3) is 1.39. The number of benzene rings is 1. The van der Waals surface area contributed by atoms with Crippen LogP contribution in [0.2, 0.25) is 0 Å². The highest BCUT2D eigenvalue weighted by atomic mass is 19.4. The Bertz CT molecular complexity index is 357. The molecule has 1 nitrogen and oxygen atoms in total. The molecule has 0 spiro atoms. The van der Waals surface area contributed by atoms with E-state index in [2.05, 4.69) is 0 Å². The van der Waals surface area contributed by atoms with Gasteiger partial charge >= 0.3 is 6.18 Å². The van der Waals surface area contributed by atoms with Gasteiger partial charge < -0.3 is 5.73 Å². The molecular weight excluding hydrogens is 191 g/mol. The quantitative estimate of drug-likeness (QED) is 0.686. The first kappa shape index (κ1) is 9.52. The Morgan fingerprint density at radius 3 is 2.64 bits per heavy atom. The molecule has 0 aromatic heterocycles. The summed E-state index contributed by atoms with van der Waals surface area (Å²) in [7, 11) is 0. The summed E-state index contributed by atoms with van der Waals surface area (Å²) in [6.07, 6.45) is -3.20. The van der Waals surface area contributed by atoms with E-state index >= 15 is 0 Å². The molecule has 76 valence electrons. The standard InChI is InChI=1S/C10H10F3N/c11-10(12,13)8-3-1-2-7-6(8)4-5-9(7)14/h1-3,9H,4-5,14H2. The normalized spacial score (nSPS) is 21.0. The fraction of sp³-hybridized carbons (Fsp3) is 0.400. The number of fused-ring (bicyclic) bond motifs is 1. The molecule has 0 fully saturated rings. The average molecular weight is 201 g/mol. The van der Waals surface area contributed by atoms with Crippen LogP contribution in [0.3, 0.4) is 0 Å². The van der Waals surface area contributed by atoms with Gasteiger partial charge in [0, 0.05) is 6.04 Å². The summed E-state index contributed by atoms with van der Waals surface area (Å²) < 4.78 is 37.6. The zero-order chi connectivity index (χ0) is 10.3. The van der Waals surface area contributed by atoms with Gasteiger partial charge in [-0.15, -0.1) is 0 Å². The molecule has 1 aliphatic carbocycles. The largest absolute Gasteiger partial charge is 0.416 e. The first-order chi connectivity index (χ1) is 6.50. The summed E-state index contributed by atoms with van der Waals surface area (Å²) in [6.45, 7) is 0. The summed E-state index contributed by atoms with van der Waals surface area (Å²) in [5.41, 5.74) is 6.20. The first-order valence-corrected chi connectivity index (χ1v) is 4.44. The van der Waals surface area contributed by atoms with Gasteiger partial charge in [0.25, 0.3) is 0 Å². The van der Waals surface area contributed by atoms with E-state index in [4.69, 9.17) is 5.73 Å². The lowest BCUT2D eigenvalue weighted by Gasteiger charge is -2.12. The minimum atomic E-state index is -4.25. The maximum Gasteiger partial charge on any atom is 0.416 e. The van der Waals surface area contributed by atoms with E-state index in [1.807, 2.05) is 0 Å². The van der Waals surface area contributed by atoms with E-state index in [0.29, 0.717) is 24.0 Å². The molecule has 0 amide bonds. The number of hydrogen-bond acceptors (Lipinski definition) is 1. The van der Waals surface area contributed by atoms with Gasteiger partial charge in [-0.05, 0) is 30.0 Å². The van der Waals surface area contributed by atoms with Crippen molar-refractivity contribution in [3.63, 3.8) is 0 Å². The van der Waals surface area contributed by atoms with Crippen molar-refractivity contribution < 1.29 is 13.2 Å². The van der Waals surface area contributed by atoms with Crippen LogP contribution in [0, 0.1) is 0 Å². The van der Waals surface area contributed by atoms with Crippen molar-refractivity contribution in [1.29, 1.82) is 0 Å². The van der Waals surface area contributed by atoms with Crippen molar-refractivity contribution >= 4 is 0 Å². The van der Waals surface area contributed by atoms with Gasteiger partial charge in [0.05, 0.1) is 5.56 Å². The van der Waals surface area contributed by atoms with E-state index in [-0.39, 0.29) is 6.04 Å². The van der Waals surface area contributed by atoms with Crippen molar-refractivity contribution in [2.24, 2.45) is 5.73 Å². The fourth-order valence-corrected chi connectivity index (χ4v) is 1.95. The van der Waals surface area contributed by atoms with Crippen LogP contribution in [0.5, 0.6) is 0 Å². The smallest absolute Gasteiger partial charge is 0.324 e. The molecule has 0 saturated heterocycles. The number of alkyl halides is 3. The lowest BCUT2D eigenvalue weighted by Crippen LogP contribution is -2.10. The van der Waals surface area contributed by atoms with Crippen LogP contribution in [0.1, 0.15) is 29.2 Å². The zero-order valence-electron chi connectivity index (χ0n) is 7.43. The Labute approximate surface area is 79.7 Å². The van der Waals surface area contributed by atoms with Gasteiger partial charge in [-0.2, -0.15) is 13.2 Å². The molecule has 0 radical (unpaired) electrons. The Hall–Kier alpha value is -1.03. The predicted molar refractivity (Wildman–Crippen MR) is 46.7 cm³/mol. The Morgan fingerprint density at radius 1 is 1.29 bits per heavy atom. The van der Waals surface area contributed by atoms with Crippen molar-refractivity contribution in [2.75, 3.05) is 0 Å². The molecule has 2 rings (SSSR count). The maximum absolute atomic E-state index is 12.5. The molecule has 0 bridgehead atoms. The summed E-state index contributed by atoms with van der Waals surface area (Å²) in [5, 5.41) is 0. The molecule has 14 heavy (non-hydrogen) atoms. The molecule has 4 heteroatoms. The Morgan fingerprint density at radius 2 is 2.00 bits per heavy atom. The topological polar surface area (TPSA) is 26.0 Å². The van der Waals surface area contributed by atoms with Gasteiger partial charge in [0.2, 0.25) is 0 Å². The minimum Gasteiger partial charge on any atom is -0.324 e. The van der Waals surface area contributed by atoms with Crippen LogP contribution in [0.15, 0.2) is 18.2 Å². The Balaban J connectivity index is 2.55. The average Bonchev–Trinajstić information content (AvgIpc) is 2.46. The molecule has 2 N–H and O–H groups in total. The SMILES string of the molecule is NC1CCc2c1cccc2C(F)(F)F. The lowest BCUT2D eigenvalue weighted by atomic mass is 10.0. The van der Waals surface area contributed by atoms with Gasteiger partial charge in [-0.1, -0.05) is 12.1 Å². The minimum absolute atomic E-state index is 0.229. The maximum atomic E-state index is 12.5. The van der Waals surface area contributed by atoms with Gasteiger partial charge in [0.1, 0.15) is 0 Å². The highest BCUT2D eigenvalue weighted by molar-refractivity contribution is 5.42. The monoisotopic (exact) mass is 201 g/mol. The van der Waals surface area contributed by atoms with Gasteiger partial charge in [-0.25, -0.2) is 0 Å². The fourth-order valence-electron chi connectivity index (χ4n) is 1.95. The lowest BCUT2D eigenvalue weighted by molar-refractivity contribution is -0.138. The molecule has 1 unspecified atom stereocenters. The Kier molecular flexibility index (Phi) is 2.03. The molecule has 1 aromatic carbocycles. The molecule has 1 atom stereocenters. The highest BCUT2D eigenvalue weighted by Crippen LogP contribution is 2.39. The molecule has 0 saturated carbocycles. The third-order valence-corrected chi connectivity index (χ3v) is 2.62. The molecule has 0 heterocycles. The second-order valence-corrected chi connectivity index (χ2v) is 3.52. The zero-order valence-corrected chi connectivity index (χ0v) is 7.43. The van der Waals surface area contributed by atoms with E-state index in [1.165, 1.54) is 6.07 Å². The van der Waals surface area contributed by atoms with Gasteiger partial charge in [-0.3, -0.25) is 0 Å². The van der Waals surface area contributed by atoms with Crippen molar-refractivity contribution in [3.8, 4) is 0 Å². The number of rotatable bonds is 0. The number of nitrogens with two attached hydrogens (primary N) is 1. The van der Waals surface area contributed by atoms with Crippen LogP contribution >= 0.6 is 0 Å². The highest BCUT2D eigenvalue weighted by Gasteiger charge is 2.36. The van der Waals surface area contributed by atoms with Gasteiger partial charge in [0.15, 0.2) is 0 Å². The van der Waals surface area contributed by atoms with Crippen molar-refractivity contribution in [3.05, 3.63) is 34.9 Å². The second kappa shape index (κ2) is 2.98. The number of hydrogen-bond donors (Lipinski definition) is 1. The summed E-state index contributed by atoms with van der Waals surface area (Å²) in [6, 6.07) is 4.00. The molecule has 1 aromatic rings. The van der Waals surface area contributed by atoms with Crippen LogP contribution in [0.25, 0.3) is 0 Å². The van der Waals surface area contributed by atoms with E-state index in [1.54, 1.807) is 6.07 Å². The summed E-state index contributed by atoms with van der Waals surface area (Å²) >= 11 is 0. The van der Waals surface area contributed by atoms with E-state index < -0.39 is 11.7 Å². The van der Waals surface area contributed by atoms with Crippen LogP contribution in [-0.4, -0.2) is 0 Å². The first-order valence-electron chi connectivity index (χ1n) is 4.44. The van der Waals surface area contributed by atoms with E-state index in [9.17, 15) is 13.2 Å². The second-order valence-electron chi connectivity index (χ2n) is 3.52. The van der Waals surface area contributed by atoms with E-state index in [0.717, 1.165) is 6.07 Å². The van der Waals surface area contributed by atoms with Crippen molar-refractivity contribution in [2.45, 2.75) is 25.1 Å². The predicted octanol–water partition coefficient (Wildman–Crippen LogP) is 2.65. The molecule has 1 aliphatic rings. The van der Waals surface area contributed by atoms with Crippen molar-refractivity contribution in [1.82, 2.24) is 0 Å². The van der Waals surface area contributed by atoms with Crippen LogP contribution in [0.4, 0.5) is 13.2 Å². The summed E-state index contributed by atoms with van der Waals surface area (Å²) in [4.78, 5) is 0. The summed E-state index contributed by atoms with van der Waals surface area (Å²) in [5.74, 6) is 0.